The largest absolute Gasteiger partial charge is 0.240 e. The maximum Gasteiger partial charge on any atom is 0.240 e. The number of rotatable bonds is 5. The number of hydrogen-bond acceptors (Lipinski definition) is 4. The molecule has 0 aliphatic heterocycles. The molecule has 1 aromatic rings. The fraction of sp³-hybridized carbons (Fsp3) is 0.400. The standard InChI is InChI=1S/C10H16N2O4S2/c1-3-8(2)12-18(15,16)10-6-4-9(5-7-10)17(11,13)14/h4-8,12H,3H2,1-2H3,(H2,11,13,14). The van der Waals surface area contributed by atoms with Crippen molar-refractivity contribution in [2.75, 3.05) is 0 Å². The van der Waals surface area contributed by atoms with E-state index in [4.69, 9.17) is 5.14 Å². The third kappa shape index (κ3) is 3.77. The quantitative estimate of drug-likeness (QED) is 0.819. The Morgan fingerprint density at radius 1 is 1.11 bits per heavy atom. The van der Waals surface area contributed by atoms with Gasteiger partial charge in [0.25, 0.3) is 0 Å². The summed E-state index contributed by atoms with van der Waals surface area (Å²) in [7, 11) is -7.43. The minimum absolute atomic E-state index is 0.00944. The summed E-state index contributed by atoms with van der Waals surface area (Å²) >= 11 is 0. The van der Waals surface area contributed by atoms with Gasteiger partial charge in [0.05, 0.1) is 9.79 Å². The highest BCUT2D eigenvalue weighted by atomic mass is 32.2. The molecule has 0 fully saturated rings. The molecule has 8 heteroatoms. The van der Waals surface area contributed by atoms with Crippen molar-refractivity contribution < 1.29 is 16.8 Å². The molecule has 0 heterocycles. The van der Waals surface area contributed by atoms with E-state index < -0.39 is 20.0 Å². The molecule has 0 spiro atoms. The van der Waals surface area contributed by atoms with E-state index in [-0.39, 0.29) is 15.8 Å². The van der Waals surface area contributed by atoms with E-state index in [0.717, 1.165) is 0 Å². The normalized spacial score (nSPS) is 14.4. The molecule has 0 amide bonds. The monoisotopic (exact) mass is 292 g/mol. The van der Waals surface area contributed by atoms with Crippen molar-refractivity contribution in [2.24, 2.45) is 5.14 Å². The van der Waals surface area contributed by atoms with Gasteiger partial charge in [0.2, 0.25) is 20.0 Å². The Balaban J connectivity index is 3.06. The van der Waals surface area contributed by atoms with Crippen molar-refractivity contribution >= 4 is 20.0 Å². The molecule has 1 unspecified atom stereocenters. The third-order valence-electron chi connectivity index (χ3n) is 2.43. The lowest BCUT2D eigenvalue weighted by atomic mass is 10.3. The average molecular weight is 292 g/mol. The zero-order valence-electron chi connectivity index (χ0n) is 10.1. The smallest absolute Gasteiger partial charge is 0.225 e. The number of hydrogen-bond donors (Lipinski definition) is 2. The fourth-order valence-corrected chi connectivity index (χ4v) is 3.07. The topological polar surface area (TPSA) is 106 Å². The highest BCUT2D eigenvalue weighted by molar-refractivity contribution is 7.89. The molecule has 1 atom stereocenters. The van der Waals surface area contributed by atoms with Crippen LogP contribution in [-0.2, 0) is 20.0 Å². The van der Waals surface area contributed by atoms with Gasteiger partial charge in [-0.1, -0.05) is 6.92 Å². The highest BCUT2D eigenvalue weighted by Gasteiger charge is 2.17. The maximum absolute atomic E-state index is 11.9. The van der Waals surface area contributed by atoms with E-state index in [9.17, 15) is 16.8 Å². The zero-order valence-corrected chi connectivity index (χ0v) is 11.8. The predicted molar refractivity (Wildman–Crippen MR) is 67.9 cm³/mol. The van der Waals surface area contributed by atoms with Crippen LogP contribution >= 0.6 is 0 Å². The van der Waals surface area contributed by atoms with Crippen LogP contribution in [0, 0.1) is 0 Å². The van der Waals surface area contributed by atoms with E-state index >= 15 is 0 Å². The number of nitrogens with two attached hydrogens (primary N) is 1. The van der Waals surface area contributed by atoms with Gasteiger partial charge in [-0.15, -0.1) is 0 Å². The minimum Gasteiger partial charge on any atom is -0.225 e. The average Bonchev–Trinajstić information content (AvgIpc) is 2.27. The number of nitrogens with one attached hydrogen (secondary N) is 1. The van der Waals surface area contributed by atoms with Crippen LogP contribution in [0.4, 0.5) is 0 Å². The zero-order chi connectivity index (χ0) is 14.0. The van der Waals surface area contributed by atoms with Crippen molar-refractivity contribution in [3.63, 3.8) is 0 Å². The maximum atomic E-state index is 11.9. The highest BCUT2D eigenvalue weighted by Crippen LogP contribution is 2.13. The number of sulfonamides is 2. The summed E-state index contributed by atoms with van der Waals surface area (Å²) in [6, 6.07) is 4.57. The molecular weight excluding hydrogens is 276 g/mol. The first-order valence-electron chi connectivity index (χ1n) is 5.32. The summed E-state index contributed by atoms with van der Waals surface area (Å²) in [5, 5.41) is 4.93. The Morgan fingerprint density at radius 3 is 1.94 bits per heavy atom. The second kappa shape index (κ2) is 5.35. The van der Waals surface area contributed by atoms with Gasteiger partial charge >= 0.3 is 0 Å². The van der Waals surface area contributed by atoms with Gasteiger partial charge in [0.1, 0.15) is 0 Å². The van der Waals surface area contributed by atoms with Gasteiger partial charge < -0.3 is 0 Å². The summed E-state index contributed by atoms with van der Waals surface area (Å²) in [6.07, 6.45) is 0.661. The lowest BCUT2D eigenvalue weighted by Crippen LogP contribution is -2.32. The van der Waals surface area contributed by atoms with Crippen molar-refractivity contribution in [1.29, 1.82) is 0 Å². The second-order valence-electron chi connectivity index (χ2n) is 3.95. The molecule has 0 aliphatic rings. The molecule has 0 radical (unpaired) electrons. The van der Waals surface area contributed by atoms with Crippen LogP contribution in [0.2, 0.25) is 0 Å². The van der Waals surface area contributed by atoms with Gasteiger partial charge in [-0.3, -0.25) is 0 Å². The fourth-order valence-electron chi connectivity index (χ4n) is 1.22. The molecule has 0 aliphatic carbocycles. The van der Waals surface area contributed by atoms with Gasteiger partial charge in [0, 0.05) is 6.04 Å². The molecule has 102 valence electrons. The van der Waals surface area contributed by atoms with Crippen LogP contribution in [-0.4, -0.2) is 22.9 Å². The SMILES string of the molecule is CCC(C)NS(=O)(=O)c1ccc(S(N)(=O)=O)cc1. The van der Waals surface area contributed by atoms with E-state index in [1.54, 1.807) is 6.92 Å². The van der Waals surface area contributed by atoms with Crippen LogP contribution in [0.3, 0.4) is 0 Å². The molecule has 1 aromatic carbocycles. The Labute approximate surface area is 107 Å². The van der Waals surface area contributed by atoms with E-state index in [1.165, 1.54) is 24.3 Å². The van der Waals surface area contributed by atoms with Gasteiger partial charge in [-0.2, -0.15) is 0 Å². The minimum atomic E-state index is -3.81. The van der Waals surface area contributed by atoms with Crippen LogP contribution < -0.4 is 9.86 Å². The van der Waals surface area contributed by atoms with Crippen LogP contribution in [0.1, 0.15) is 20.3 Å². The predicted octanol–water partition coefficient (Wildman–Crippen LogP) is 0.411. The van der Waals surface area contributed by atoms with Crippen molar-refractivity contribution in [3.05, 3.63) is 24.3 Å². The van der Waals surface area contributed by atoms with Crippen LogP contribution in [0.25, 0.3) is 0 Å². The first-order valence-corrected chi connectivity index (χ1v) is 8.35. The Kier molecular flexibility index (Phi) is 4.49. The Hall–Kier alpha value is -0.960. The van der Waals surface area contributed by atoms with Gasteiger partial charge in [-0.25, -0.2) is 26.7 Å². The Morgan fingerprint density at radius 2 is 1.56 bits per heavy atom. The lowest BCUT2D eigenvalue weighted by Gasteiger charge is -2.12. The van der Waals surface area contributed by atoms with Crippen LogP contribution in [0.5, 0.6) is 0 Å². The number of benzene rings is 1. The lowest BCUT2D eigenvalue weighted by molar-refractivity contribution is 0.555. The summed E-state index contributed by atoms with van der Waals surface area (Å²) in [5.74, 6) is 0. The first-order chi connectivity index (χ1) is 8.16. The molecule has 0 saturated heterocycles. The van der Waals surface area contributed by atoms with Gasteiger partial charge in [-0.05, 0) is 37.6 Å². The van der Waals surface area contributed by atoms with Crippen molar-refractivity contribution in [2.45, 2.75) is 36.1 Å². The Bertz CT molecular complexity index is 606. The molecule has 0 bridgehead atoms. The van der Waals surface area contributed by atoms with E-state index in [1.807, 2.05) is 6.92 Å². The molecular formula is C10H16N2O4S2. The molecule has 0 aromatic heterocycles. The van der Waals surface area contributed by atoms with Crippen LogP contribution in [0.15, 0.2) is 34.1 Å². The summed E-state index contributed by atoms with van der Waals surface area (Å²) < 4.78 is 48.3. The number of primary sulfonamides is 1. The molecule has 6 nitrogen and oxygen atoms in total. The molecule has 3 N–H and O–H groups in total. The van der Waals surface area contributed by atoms with Gasteiger partial charge in [0.15, 0.2) is 0 Å². The molecule has 18 heavy (non-hydrogen) atoms. The van der Waals surface area contributed by atoms with Crippen molar-refractivity contribution in [3.8, 4) is 0 Å². The van der Waals surface area contributed by atoms with E-state index in [2.05, 4.69) is 4.72 Å². The first kappa shape index (κ1) is 15.1. The summed E-state index contributed by atoms with van der Waals surface area (Å²) in [6.45, 7) is 3.60. The van der Waals surface area contributed by atoms with Crippen molar-refractivity contribution in [1.82, 2.24) is 4.72 Å². The molecule has 1 rings (SSSR count). The third-order valence-corrected chi connectivity index (χ3v) is 4.97. The van der Waals surface area contributed by atoms with E-state index in [0.29, 0.717) is 6.42 Å². The second-order valence-corrected chi connectivity index (χ2v) is 7.22. The summed E-state index contributed by atoms with van der Waals surface area (Å²) in [5.41, 5.74) is 0. The summed E-state index contributed by atoms with van der Waals surface area (Å²) in [4.78, 5) is -0.111. The molecule has 0 saturated carbocycles.